The maximum absolute atomic E-state index is 13.8. The summed E-state index contributed by atoms with van der Waals surface area (Å²) < 4.78 is 68.8. The van der Waals surface area contributed by atoms with Crippen LogP contribution in [0.4, 0.5) is 29.3 Å². The molecule has 0 spiro atoms. The average Bonchev–Trinajstić information content (AvgIpc) is 3.52. The van der Waals surface area contributed by atoms with Crippen LogP contribution in [0.3, 0.4) is 0 Å². The first-order valence-corrected chi connectivity index (χ1v) is 14.7. The summed E-state index contributed by atoms with van der Waals surface area (Å²) in [6.45, 7) is 2.08. The zero-order chi connectivity index (χ0) is 30.9. The van der Waals surface area contributed by atoms with Crippen LogP contribution in [-0.4, -0.2) is 67.1 Å². The maximum Gasteiger partial charge on any atom is 0.417 e. The van der Waals surface area contributed by atoms with Crippen molar-refractivity contribution in [3.8, 4) is 0 Å². The molecule has 15 heteroatoms. The molecule has 2 aromatic carbocycles. The molecule has 2 fully saturated rings. The summed E-state index contributed by atoms with van der Waals surface area (Å²) in [6, 6.07) is 10.1. The lowest BCUT2D eigenvalue weighted by Crippen LogP contribution is -2.80. The van der Waals surface area contributed by atoms with Crippen molar-refractivity contribution in [1.82, 2.24) is 20.7 Å². The Bertz CT molecular complexity index is 1520. The van der Waals surface area contributed by atoms with E-state index < -0.39 is 50.0 Å². The molecule has 11 nitrogen and oxygen atoms in total. The van der Waals surface area contributed by atoms with Gasteiger partial charge in [-0.25, -0.2) is 23.2 Å². The van der Waals surface area contributed by atoms with Crippen molar-refractivity contribution >= 4 is 38.9 Å². The van der Waals surface area contributed by atoms with E-state index in [0.29, 0.717) is 30.3 Å². The number of nitrogens with zero attached hydrogens (tertiary/aromatic N) is 2. The van der Waals surface area contributed by atoms with E-state index in [9.17, 15) is 31.2 Å². The number of nitrogens with two attached hydrogens (primary N) is 1. The first kappa shape index (κ1) is 31.0. The number of alkyl halides is 3. The summed E-state index contributed by atoms with van der Waals surface area (Å²) in [5.41, 5.74) is -0.801. The molecule has 226 valence electrons. The number of hydrogen-bond acceptors (Lipinski definition) is 7. The number of halogens is 3. The summed E-state index contributed by atoms with van der Waals surface area (Å²) in [6.07, 6.45) is -2.18. The summed E-state index contributed by atoms with van der Waals surface area (Å²) in [7, 11) is -2.91. The second-order valence-corrected chi connectivity index (χ2v) is 12.5. The molecule has 1 saturated heterocycles. The van der Waals surface area contributed by atoms with Crippen LogP contribution in [-0.2, 0) is 20.8 Å². The number of rotatable bonds is 9. The predicted octanol–water partition coefficient (Wildman–Crippen LogP) is 2.53. The number of carbonyl (C=O) groups excluding carboxylic acids is 2. The quantitative estimate of drug-likeness (QED) is 0.168. The zero-order valence-corrected chi connectivity index (χ0v) is 24.1. The summed E-state index contributed by atoms with van der Waals surface area (Å²) in [5, 5.41) is 19.4. The Labute approximate surface area is 241 Å². The third-order valence-electron chi connectivity index (χ3n) is 6.98. The van der Waals surface area contributed by atoms with Gasteiger partial charge in [0, 0.05) is 30.5 Å². The number of hydrazine groups is 1. The first-order chi connectivity index (χ1) is 19.6. The fraction of sp³-hybridized carbons (Fsp3) is 0.370. The van der Waals surface area contributed by atoms with Crippen molar-refractivity contribution in [3.63, 3.8) is 0 Å². The van der Waals surface area contributed by atoms with E-state index in [2.05, 4.69) is 16.0 Å². The number of benzene rings is 2. The Morgan fingerprint density at radius 2 is 1.74 bits per heavy atom. The van der Waals surface area contributed by atoms with E-state index in [1.165, 1.54) is 31.0 Å². The molecule has 3 amide bonds. The van der Waals surface area contributed by atoms with Gasteiger partial charge in [0.15, 0.2) is 9.84 Å². The SMILES string of the molecule is CNC1(NC(=O)N2C[C@@H](S(=O)(=O)c3ccccc3C(F)(F)F)CN2/C(=C/C(C)=N)[NH2+]c2cccc(NC(C)=O)c2)CC1. The highest BCUT2D eigenvalue weighted by Crippen LogP contribution is 2.37. The van der Waals surface area contributed by atoms with Crippen LogP contribution in [0.15, 0.2) is 65.3 Å². The van der Waals surface area contributed by atoms with Gasteiger partial charge in [0.25, 0.3) is 0 Å². The largest absolute Gasteiger partial charge is 0.417 e. The van der Waals surface area contributed by atoms with Gasteiger partial charge in [0.1, 0.15) is 10.9 Å². The van der Waals surface area contributed by atoms with Crippen LogP contribution < -0.4 is 21.3 Å². The van der Waals surface area contributed by atoms with E-state index >= 15 is 0 Å². The monoisotopic (exact) mass is 608 g/mol. The Kier molecular flexibility index (Phi) is 8.66. The van der Waals surface area contributed by atoms with Gasteiger partial charge >= 0.3 is 12.2 Å². The number of hydrogen-bond donors (Lipinski definition) is 5. The molecule has 4 rings (SSSR count). The van der Waals surface area contributed by atoms with Gasteiger partial charge in [-0.15, -0.1) is 0 Å². The average molecular weight is 609 g/mol. The van der Waals surface area contributed by atoms with Crippen LogP contribution in [0.5, 0.6) is 0 Å². The molecular weight excluding hydrogens is 575 g/mol. The highest BCUT2D eigenvalue weighted by atomic mass is 32.2. The summed E-state index contributed by atoms with van der Waals surface area (Å²) in [4.78, 5) is 24.2. The van der Waals surface area contributed by atoms with Gasteiger partial charge in [-0.05, 0) is 51.1 Å². The molecular formula is C27H33F3N7O4S+. The number of carbonyl (C=O) groups is 2. The highest BCUT2D eigenvalue weighted by molar-refractivity contribution is 7.92. The Morgan fingerprint density at radius 1 is 1.07 bits per heavy atom. The van der Waals surface area contributed by atoms with E-state index in [1.54, 1.807) is 36.6 Å². The van der Waals surface area contributed by atoms with Crippen LogP contribution >= 0.6 is 0 Å². The second-order valence-electron chi connectivity index (χ2n) is 10.3. The summed E-state index contributed by atoms with van der Waals surface area (Å²) in [5.74, 6) is -0.0277. The molecule has 42 heavy (non-hydrogen) atoms. The highest BCUT2D eigenvalue weighted by Gasteiger charge is 2.49. The van der Waals surface area contributed by atoms with Crippen molar-refractivity contribution in [2.24, 2.45) is 0 Å². The van der Waals surface area contributed by atoms with Crippen LogP contribution in [0.1, 0.15) is 32.3 Å². The topological polar surface area (TPSA) is 151 Å². The van der Waals surface area contributed by atoms with Gasteiger partial charge in [-0.1, -0.05) is 18.2 Å². The standard InChI is InChI=1S/C27H32F3N7O4S/c1-17(31)13-24(34-20-8-6-7-19(14-20)33-18(2)38)36-15-21(16-37(36)25(39)35-26(32-3)11-12-26)42(40,41)23-10-5-4-9-22(23)27(28,29)30/h4-10,13-14,21,31-32,34H,11-12,15-16H2,1-3H3,(H,33,38)(H,35,39)/p+1/b24-13+,31-17?/t21-/m0/s1. The lowest BCUT2D eigenvalue weighted by molar-refractivity contribution is -0.541. The minimum atomic E-state index is -4.90. The van der Waals surface area contributed by atoms with Crippen LogP contribution in [0.2, 0.25) is 0 Å². The maximum atomic E-state index is 13.8. The number of urea groups is 1. The number of allylic oxidation sites excluding steroid dienone is 1. The van der Waals surface area contributed by atoms with E-state index in [1.807, 2.05) is 0 Å². The number of sulfone groups is 1. The molecule has 0 aromatic heterocycles. The normalized spacial score (nSPS) is 18.5. The molecule has 1 heterocycles. The smallest absolute Gasteiger partial charge is 0.326 e. The molecule has 1 aliphatic heterocycles. The molecule has 6 N–H and O–H groups in total. The Hall–Kier alpha value is -3.95. The summed E-state index contributed by atoms with van der Waals surface area (Å²) >= 11 is 0. The van der Waals surface area contributed by atoms with Gasteiger partial charge in [0.2, 0.25) is 11.7 Å². The number of quaternary nitrogens is 1. The van der Waals surface area contributed by atoms with Crippen LogP contribution in [0, 0.1) is 5.41 Å². The Balaban J connectivity index is 1.74. The fourth-order valence-corrected chi connectivity index (χ4v) is 6.52. The molecule has 2 aromatic rings. The van der Waals surface area contributed by atoms with Gasteiger partial charge < -0.3 is 16.0 Å². The van der Waals surface area contributed by atoms with Gasteiger partial charge in [0.05, 0.1) is 29.2 Å². The minimum Gasteiger partial charge on any atom is -0.326 e. The molecule has 1 aliphatic carbocycles. The molecule has 1 saturated carbocycles. The van der Waals surface area contributed by atoms with Gasteiger partial charge in [-0.2, -0.15) is 13.2 Å². The van der Waals surface area contributed by atoms with Crippen molar-refractivity contribution < 1.29 is 36.5 Å². The van der Waals surface area contributed by atoms with Crippen LogP contribution in [0.25, 0.3) is 0 Å². The molecule has 1 atom stereocenters. The Morgan fingerprint density at radius 3 is 2.33 bits per heavy atom. The fourth-order valence-electron chi connectivity index (χ4n) is 4.73. The van der Waals surface area contributed by atoms with E-state index in [0.717, 1.165) is 17.1 Å². The molecule has 0 bridgehead atoms. The van der Waals surface area contributed by atoms with E-state index in [-0.39, 0.29) is 24.0 Å². The number of nitrogens with one attached hydrogen (secondary N) is 4. The third-order valence-corrected chi connectivity index (χ3v) is 9.12. The lowest BCUT2D eigenvalue weighted by atomic mass is 10.2. The minimum absolute atomic E-state index is 0.0854. The van der Waals surface area contributed by atoms with Crippen molar-refractivity contribution in [2.75, 3.05) is 25.5 Å². The zero-order valence-electron chi connectivity index (χ0n) is 23.2. The van der Waals surface area contributed by atoms with Crippen molar-refractivity contribution in [3.05, 3.63) is 66.0 Å². The number of anilines is 1. The molecule has 0 unspecified atom stereocenters. The lowest BCUT2D eigenvalue weighted by Gasteiger charge is -2.30. The predicted molar refractivity (Wildman–Crippen MR) is 149 cm³/mol. The van der Waals surface area contributed by atoms with Crippen molar-refractivity contribution in [2.45, 2.75) is 48.7 Å². The number of amides is 3. The first-order valence-electron chi connectivity index (χ1n) is 13.1. The van der Waals surface area contributed by atoms with Gasteiger partial charge in [-0.3, -0.25) is 15.4 Å². The van der Waals surface area contributed by atoms with E-state index in [4.69, 9.17) is 5.41 Å². The second kappa shape index (κ2) is 11.7. The van der Waals surface area contributed by atoms with Crippen molar-refractivity contribution in [1.29, 1.82) is 5.41 Å². The molecule has 0 radical (unpaired) electrons. The third kappa shape index (κ3) is 6.91. The molecule has 2 aliphatic rings.